The summed E-state index contributed by atoms with van der Waals surface area (Å²) in [4.78, 5) is 13.2. The van der Waals surface area contributed by atoms with Crippen LogP contribution in [0.25, 0.3) is 0 Å². The first kappa shape index (κ1) is 17.2. The van der Waals surface area contributed by atoms with Crippen molar-refractivity contribution in [1.29, 1.82) is 0 Å². The van der Waals surface area contributed by atoms with Gasteiger partial charge in [0, 0.05) is 13.1 Å². The molecule has 1 N–H and O–H groups in total. The van der Waals surface area contributed by atoms with Crippen molar-refractivity contribution in [2.75, 3.05) is 13.1 Å². The van der Waals surface area contributed by atoms with E-state index in [9.17, 15) is 9.18 Å². The first-order valence-corrected chi connectivity index (χ1v) is 7.87. The van der Waals surface area contributed by atoms with Gasteiger partial charge in [-0.15, -0.1) is 0 Å². The summed E-state index contributed by atoms with van der Waals surface area (Å²) >= 11 is 0. The average Bonchev–Trinajstić information content (AvgIpc) is 2.53. The van der Waals surface area contributed by atoms with E-state index in [-0.39, 0.29) is 5.82 Å². The molecule has 23 heavy (non-hydrogen) atoms. The van der Waals surface area contributed by atoms with Crippen LogP contribution < -0.4 is 0 Å². The molecule has 0 atom stereocenters. The van der Waals surface area contributed by atoms with E-state index in [0.717, 1.165) is 43.6 Å². The number of hydrogen-bond donors (Lipinski definition) is 1. The largest absolute Gasteiger partial charge is 0.478 e. The molecule has 0 fully saturated rings. The molecule has 0 spiro atoms. The fraction of sp³-hybridized carbons (Fsp3) is 0.316. The van der Waals surface area contributed by atoms with Crippen LogP contribution in [0, 0.1) is 5.82 Å². The number of hydrogen-bond acceptors (Lipinski definition) is 2. The molecule has 0 heterocycles. The maximum absolute atomic E-state index is 13.2. The number of aromatic carboxylic acids is 1. The predicted octanol–water partition coefficient (Wildman–Crippen LogP) is 3.98. The predicted molar refractivity (Wildman–Crippen MR) is 89.1 cm³/mol. The van der Waals surface area contributed by atoms with Gasteiger partial charge in [0.25, 0.3) is 0 Å². The Morgan fingerprint density at radius 1 is 1.09 bits per heavy atom. The van der Waals surface area contributed by atoms with Crippen LogP contribution in [0.15, 0.2) is 48.5 Å². The molecule has 2 rings (SSSR count). The highest BCUT2D eigenvalue weighted by Crippen LogP contribution is 2.10. The van der Waals surface area contributed by atoms with Gasteiger partial charge in [-0.3, -0.25) is 4.90 Å². The number of halogens is 1. The topological polar surface area (TPSA) is 40.5 Å². The number of carboxylic acids is 1. The molecule has 3 nitrogen and oxygen atoms in total. The highest BCUT2D eigenvalue weighted by molar-refractivity contribution is 5.87. The molecule has 0 radical (unpaired) electrons. The summed E-state index contributed by atoms with van der Waals surface area (Å²) in [6, 6.07) is 13.7. The van der Waals surface area contributed by atoms with Gasteiger partial charge in [-0.2, -0.15) is 0 Å². The molecule has 0 unspecified atom stereocenters. The van der Waals surface area contributed by atoms with Crippen LogP contribution in [-0.2, 0) is 13.0 Å². The van der Waals surface area contributed by atoms with Gasteiger partial charge < -0.3 is 5.11 Å². The Labute approximate surface area is 136 Å². The standard InChI is InChI=1S/C19H22FNO2/c1-2-11-21(12-10-15-4-3-5-18(20)13-15)14-16-6-8-17(9-7-16)19(22)23/h3-9,13H,2,10-12,14H2,1H3,(H,22,23). The lowest BCUT2D eigenvalue weighted by molar-refractivity contribution is 0.0697. The van der Waals surface area contributed by atoms with Gasteiger partial charge in [0.05, 0.1) is 5.56 Å². The Balaban J connectivity index is 1.96. The summed E-state index contributed by atoms with van der Waals surface area (Å²) < 4.78 is 13.2. The molecule has 0 saturated heterocycles. The third-order valence-corrected chi connectivity index (χ3v) is 3.75. The van der Waals surface area contributed by atoms with Crippen molar-refractivity contribution in [1.82, 2.24) is 4.90 Å². The molecule has 0 amide bonds. The quantitative estimate of drug-likeness (QED) is 0.801. The lowest BCUT2D eigenvalue weighted by Crippen LogP contribution is -2.26. The van der Waals surface area contributed by atoms with Gasteiger partial charge in [0.2, 0.25) is 0 Å². The Hall–Kier alpha value is -2.20. The highest BCUT2D eigenvalue weighted by atomic mass is 19.1. The molecule has 2 aromatic rings. The average molecular weight is 315 g/mol. The molecule has 0 saturated carbocycles. The van der Waals surface area contributed by atoms with E-state index in [4.69, 9.17) is 5.11 Å². The van der Waals surface area contributed by atoms with E-state index >= 15 is 0 Å². The van der Waals surface area contributed by atoms with Gasteiger partial charge in [0.15, 0.2) is 0 Å². The first-order chi connectivity index (χ1) is 11.1. The van der Waals surface area contributed by atoms with Crippen molar-refractivity contribution in [3.8, 4) is 0 Å². The zero-order valence-corrected chi connectivity index (χ0v) is 13.3. The second-order valence-corrected chi connectivity index (χ2v) is 5.66. The maximum atomic E-state index is 13.2. The number of benzene rings is 2. The normalized spacial score (nSPS) is 10.9. The zero-order chi connectivity index (χ0) is 16.7. The summed E-state index contributed by atoms with van der Waals surface area (Å²) in [5.41, 5.74) is 2.38. The lowest BCUT2D eigenvalue weighted by atomic mass is 10.1. The minimum absolute atomic E-state index is 0.200. The summed E-state index contributed by atoms with van der Waals surface area (Å²) in [5.74, 6) is -1.11. The summed E-state index contributed by atoms with van der Waals surface area (Å²) in [5, 5.41) is 8.93. The van der Waals surface area contributed by atoms with E-state index in [1.54, 1.807) is 24.3 Å². The summed E-state index contributed by atoms with van der Waals surface area (Å²) in [6.07, 6.45) is 1.83. The number of nitrogens with zero attached hydrogens (tertiary/aromatic N) is 1. The highest BCUT2D eigenvalue weighted by Gasteiger charge is 2.07. The number of carboxylic acid groups (broad SMARTS) is 1. The van der Waals surface area contributed by atoms with Crippen LogP contribution in [0.4, 0.5) is 4.39 Å². The van der Waals surface area contributed by atoms with Crippen molar-refractivity contribution in [3.05, 3.63) is 71.0 Å². The molecule has 0 aliphatic carbocycles. The summed E-state index contributed by atoms with van der Waals surface area (Å²) in [7, 11) is 0. The van der Waals surface area contributed by atoms with Crippen molar-refractivity contribution < 1.29 is 14.3 Å². The molecular weight excluding hydrogens is 293 g/mol. The van der Waals surface area contributed by atoms with Crippen LogP contribution in [0.3, 0.4) is 0 Å². The maximum Gasteiger partial charge on any atom is 0.335 e. The van der Waals surface area contributed by atoms with Gasteiger partial charge in [0.1, 0.15) is 5.82 Å². The Morgan fingerprint density at radius 2 is 1.83 bits per heavy atom. The molecule has 2 aromatic carbocycles. The molecule has 0 bridgehead atoms. The Morgan fingerprint density at radius 3 is 2.43 bits per heavy atom. The van der Waals surface area contributed by atoms with E-state index in [0.29, 0.717) is 5.56 Å². The zero-order valence-electron chi connectivity index (χ0n) is 13.3. The molecule has 0 aliphatic rings. The minimum Gasteiger partial charge on any atom is -0.478 e. The second kappa shape index (κ2) is 8.44. The van der Waals surface area contributed by atoms with Gasteiger partial charge in [-0.1, -0.05) is 31.2 Å². The first-order valence-electron chi connectivity index (χ1n) is 7.87. The van der Waals surface area contributed by atoms with Crippen molar-refractivity contribution >= 4 is 5.97 Å². The smallest absolute Gasteiger partial charge is 0.335 e. The molecule has 4 heteroatoms. The van der Waals surface area contributed by atoms with Crippen molar-refractivity contribution in [2.24, 2.45) is 0 Å². The fourth-order valence-electron chi connectivity index (χ4n) is 2.58. The van der Waals surface area contributed by atoms with Crippen LogP contribution >= 0.6 is 0 Å². The minimum atomic E-state index is -0.909. The lowest BCUT2D eigenvalue weighted by Gasteiger charge is -2.22. The van der Waals surface area contributed by atoms with Crippen LogP contribution in [-0.4, -0.2) is 29.1 Å². The Kier molecular flexibility index (Phi) is 6.29. The van der Waals surface area contributed by atoms with Gasteiger partial charge in [-0.25, -0.2) is 9.18 Å². The van der Waals surface area contributed by atoms with E-state index in [2.05, 4.69) is 11.8 Å². The van der Waals surface area contributed by atoms with E-state index in [1.807, 2.05) is 18.2 Å². The van der Waals surface area contributed by atoms with Crippen LogP contribution in [0.1, 0.15) is 34.8 Å². The molecule has 0 aliphatic heterocycles. The molecular formula is C19H22FNO2. The van der Waals surface area contributed by atoms with Gasteiger partial charge in [-0.05, 0) is 54.8 Å². The van der Waals surface area contributed by atoms with Crippen molar-refractivity contribution in [3.63, 3.8) is 0 Å². The number of carbonyl (C=O) groups is 1. The Bertz CT molecular complexity index is 640. The molecule has 122 valence electrons. The monoisotopic (exact) mass is 315 g/mol. The van der Waals surface area contributed by atoms with Gasteiger partial charge >= 0.3 is 5.97 Å². The van der Waals surface area contributed by atoms with E-state index in [1.165, 1.54) is 6.07 Å². The third-order valence-electron chi connectivity index (χ3n) is 3.75. The van der Waals surface area contributed by atoms with Crippen molar-refractivity contribution in [2.45, 2.75) is 26.3 Å². The third kappa shape index (κ3) is 5.49. The SMILES string of the molecule is CCCN(CCc1cccc(F)c1)Cc1ccc(C(=O)O)cc1. The second-order valence-electron chi connectivity index (χ2n) is 5.66. The van der Waals surface area contributed by atoms with Crippen LogP contribution in [0.2, 0.25) is 0 Å². The molecule has 0 aromatic heterocycles. The summed E-state index contributed by atoms with van der Waals surface area (Å²) in [6.45, 7) is 4.69. The number of rotatable bonds is 8. The fourth-order valence-corrected chi connectivity index (χ4v) is 2.58. The van der Waals surface area contributed by atoms with E-state index < -0.39 is 5.97 Å². The van der Waals surface area contributed by atoms with Crippen LogP contribution in [0.5, 0.6) is 0 Å².